The van der Waals surface area contributed by atoms with E-state index < -0.39 is 17.8 Å². The highest BCUT2D eigenvalue weighted by Gasteiger charge is 2.15. The van der Waals surface area contributed by atoms with Gasteiger partial charge < -0.3 is 14.8 Å². The fraction of sp³-hybridized carbons (Fsp3) is 0.0370. The quantitative estimate of drug-likeness (QED) is 0.146. The summed E-state index contributed by atoms with van der Waals surface area (Å²) in [6, 6.07) is 26.0. The van der Waals surface area contributed by atoms with Crippen LogP contribution in [-0.4, -0.2) is 31.1 Å². The van der Waals surface area contributed by atoms with Crippen molar-refractivity contribution in [3.63, 3.8) is 0 Å². The summed E-state index contributed by atoms with van der Waals surface area (Å²) >= 11 is 0. The topological polar surface area (TPSA) is 106 Å². The molecule has 0 saturated carbocycles. The van der Waals surface area contributed by atoms with E-state index in [-0.39, 0.29) is 5.75 Å². The summed E-state index contributed by atoms with van der Waals surface area (Å²) in [4.78, 5) is 37.0. The number of nitrogens with one attached hydrogen (secondary N) is 2. The Hall–Kier alpha value is -4.98. The molecule has 0 aromatic heterocycles. The van der Waals surface area contributed by atoms with Gasteiger partial charge in [-0.3, -0.25) is 9.59 Å². The van der Waals surface area contributed by atoms with Crippen LogP contribution in [0.25, 0.3) is 10.8 Å². The molecule has 174 valence electrons. The molecule has 0 radical (unpaired) electrons. The molecule has 2 amide bonds. The normalized spacial score (nSPS) is 10.7. The predicted molar refractivity (Wildman–Crippen MR) is 133 cm³/mol. The zero-order chi connectivity index (χ0) is 24.6. The van der Waals surface area contributed by atoms with Gasteiger partial charge >= 0.3 is 17.8 Å². The van der Waals surface area contributed by atoms with E-state index in [1.165, 1.54) is 13.3 Å². The van der Waals surface area contributed by atoms with Crippen molar-refractivity contribution < 1.29 is 23.9 Å². The molecule has 0 fully saturated rings. The second-order valence-corrected chi connectivity index (χ2v) is 7.34. The number of anilines is 1. The van der Waals surface area contributed by atoms with E-state index in [0.717, 1.165) is 10.8 Å². The minimum atomic E-state index is -0.942. The van der Waals surface area contributed by atoms with Crippen LogP contribution < -0.4 is 20.2 Å². The first-order chi connectivity index (χ1) is 17.0. The highest BCUT2D eigenvalue weighted by atomic mass is 16.5. The average Bonchev–Trinajstić information content (AvgIpc) is 2.90. The molecule has 0 saturated heterocycles. The van der Waals surface area contributed by atoms with Gasteiger partial charge in [-0.15, -0.1) is 0 Å². The molecular formula is C27H21N3O5. The molecule has 0 aliphatic heterocycles. The molecule has 8 nitrogen and oxygen atoms in total. The summed E-state index contributed by atoms with van der Waals surface area (Å²) in [6.07, 6.45) is 1.34. The molecule has 35 heavy (non-hydrogen) atoms. The van der Waals surface area contributed by atoms with Gasteiger partial charge in [0, 0.05) is 11.3 Å². The van der Waals surface area contributed by atoms with Crippen molar-refractivity contribution in [2.45, 2.75) is 0 Å². The van der Waals surface area contributed by atoms with Crippen molar-refractivity contribution >= 4 is 40.5 Å². The number of nitrogens with zero attached hydrogens (tertiary/aromatic N) is 1. The number of hydrogen-bond donors (Lipinski definition) is 2. The first-order valence-corrected chi connectivity index (χ1v) is 10.6. The first kappa shape index (κ1) is 23.2. The lowest BCUT2D eigenvalue weighted by atomic mass is 10.0. The fourth-order valence-corrected chi connectivity index (χ4v) is 3.30. The maximum Gasteiger partial charge on any atom is 0.343 e. The van der Waals surface area contributed by atoms with Crippen molar-refractivity contribution in [1.29, 1.82) is 0 Å². The van der Waals surface area contributed by atoms with Gasteiger partial charge in [-0.25, -0.2) is 10.2 Å². The molecule has 0 aliphatic rings. The molecule has 0 atom stereocenters. The van der Waals surface area contributed by atoms with Crippen molar-refractivity contribution in [2.24, 2.45) is 5.10 Å². The molecular weight excluding hydrogens is 446 g/mol. The number of benzene rings is 4. The first-order valence-electron chi connectivity index (χ1n) is 10.6. The second kappa shape index (κ2) is 10.8. The Labute approximate surface area is 201 Å². The highest BCUT2D eigenvalue weighted by Crippen LogP contribution is 2.27. The van der Waals surface area contributed by atoms with Gasteiger partial charge in [0.15, 0.2) is 0 Å². The Morgan fingerprint density at radius 1 is 0.800 bits per heavy atom. The van der Waals surface area contributed by atoms with Crippen LogP contribution in [0.3, 0.4) is 0 Å². The molecule has 2 N–H and O–H groups in total. The second-order valence-electron chi connectivity index (χ2n) is 7.34. The Kier molecular flexibility index (Phi) is 7.13. The molecule has 4 rings (SSSR count). The third-order valence-corrected chi connectivity index (χ3v) is 5.06. The monoisotopic (exact) mass is 467 g/mol. The largest absolute Gasteiger partial charge is 0.497 e. The van der Waals surface area contributed by atoms with Crippen LogP contribution in [0.1, 0.15) is 15.9 Å². The van der Waals surface area contributed by atoms with Gasteiger partial charge in [-0.05, 0) is 53.2 Å². The number of methoxy groups -OCH3 is 1. The van der Waals surface area contributed by atoms with E-state index in [2.05, 4.69) is 15.8 Å². The number of rotatable bonds is 6. The van der Waals surface area contributed by atoms with Gasteiger partial charge in [0.25, 0.3) is 0 Å². The van der Waals surface area contributed by atoms with Crippen LogP contribution in [0, 0.1) is 0 Å². The minimum Gasteiger partial charge on any atom is -0.497 e. The zero-order valence-corrected chi connectivity index (χ0v) is 18.7. The molecule has 4 aromatic rings. The summed E-state index contributed by atoms with van der Waals surface area (Å²) in [5.41, 5.74) is 3.50. The molecule has 0 unspecified atom stereocenters. The average molecular weight is 467 g/mol. The van der Waals surface area contributed by atoms with E-state index in [1.54, 1.807) is 60.7 Å². The maximum atomic E-state index is 12.7. The summed E-state index contributed by atoms with van der Waals surface area (Å²) in [7, 11) is 1.54. The number of hydrazone groups is 1. The van der Waals surface area contributed by atoms with Crippen LogP contribution in [-0.2, 0) is 9.59 Å². The van der Waals surface area contributed by atoms with Crippen molar-refractivity contribution in [2.75, 3.05) is 12.4 Å². The van der Waals surface area contributed by atoms with Crippen molar-refractivity contribution in [1.82, 2.24) is 5.43 Å². The third kappa shape index (κ3) is 5.69. The Bertz CT molecular complexity index is 1400. The summed E-state index contributed by atoms with van der Waals surface area (Å²) in [6.45, 7) is 0. The molecule has 0 spiro atoms. The van der Waals surface area contributed by atoms with Gasteiger partial charge in [0.1, 0.15) is 11.5 Å². The van der Waals surface area contributed by atoms with Gasteiger partial charge in [-0.2, -0.15) is 5.10 Å². The van der Waals surface area contributed by atoms with Gasteiger partial charge in [-0.1, -0.05) is 48.5 Å². The molecule has 0 bridgehead atoms. The lowest BCUT2D eigenvalue weighted by molar-refractivity contribution is -0.136. The zero-order valence-electron chi connectivity index (χ0n) is 18.7. The smallest absolute Gasteiger partial charge is 0.343 e. The van der Waals surface area contributed by atoms with Crippen LogP contribution >= 0.6 is 0 Å². The number of fused-ring (bicyclic) bond motifs is 1. The maximum absolute atomic E-state index is 12.7. The predicted octanol–water partition coefficient (Wildman–Crippen LogP) is 4.16. The minimum absolute atomic E-state index is 0.247. The lowest BCUT2D eigenvalue weighted by Gasteiger charge is -2.11. The third-order valence-electron chi connectivity index (χ3n) is 5.06. The summed E-state index contributed by atoms with van der Waals surface area (Å²) in [5.74, 6) is -1.51. The number of hydrogen-bond acceptors (Lipinski definition) is 6. The highest BCUT2D eigenvalue weighted by molar-refractivity contribution is 6.39. The van der Waals surface area contributed by atoms with E-state index in [1.807, 2.05) is 30.3 Å². The van der Waals surface area contributed by atoms with Gasteiger partial charge in [0.05, 0.1) is 18.9 Å². The Morgan fingerprint density at radius 2 is 1.51 bits per heavy atom. The lowest BCUT2D eigenvalue weighted by Crippen LogP contribution is -2.32. The standard InChI is InChI=1S/C27H21N3O5/c1-34-21-14-11-19(12-15-21)27(33)35-24-16-13-18-7-5-6-10-22(18)23(24)17-28-30-26(32)25(31)29-20-8-3-2-4-9-20/h2-17H,1H3,(H,29,31)(H,30,32)/b28-17-. The van der Waals surface area contributed by atoms with E-state index in [4.69, 9.17) is 9.47 Å². The van der Waals surface area contributed by atoms with Crippen LogP contribution in [0.2, 0.25) is 0 Å². The van der Waals surface area contributed by atoms with Gasteiger partial charge in [0.2, 0.25) is 0 Å². The van der Waals surface area contributed by atoms with Crippen LogP contribution in [0.4, 0.5) is 5.69 Å². The number of amides is 2. The number of esters is 1. The van der Waals surface area contributed by atoms with E-state index in [0.29, 0.717) is 22.6 Å². The number of carbonyl (C=O) groups excluding carboxylic acids is 3. The molecule has 8 heteroatoms. The molecule has 4 aromatic carbocycles. The van der Waals surface area contributed by atoms with Crippen molar-refractivity contribution in [3.8, 4) is 11.5 Å². The fourth-order valence-electron chi connectivity index (χ4n) is 3.30. The SMILES string of the molecule is COc1ccc(C(=O)Oc2ccc3ccccc3c2/C=N\NC(=O)C(=O)Nc2ccccc2)cc1. The van der Waals surface area contributed by atoms with Crippen LogP contribution in [0.15, 0.2) is 96.1 Å². The van der Waals surface area contributed by atoms with E-state index in [9.17, 15) is 14.4 Å². The molecule has 0 aliphatic carbocycles. The number of para-hydroxylation sites is 1. The number of ether oxygens (including phenoxy) is 2. The number of carbonyl (C=O) groups is 3. The summed E-state index contributed by atoms with van der Waals surface area (Å²) in [5, 5.41) is 8.04. The Balaban J connectivity index is 1.54. The van der Waals surface area contributed by atoms with Crippen LogP contribution in [0.5, 0.6) is 11.5 Å². The Morgan fingerprint density at radius 3 is 2.26 bits per heavy atom. The molecule has 0 heterocycles. The van der Waals surface area contributed by atoms with Crippen molar-refractivity contribution in [3.05, 3.63) is 102 Å². The van der Waals surface area contributed by atoms with E-state index >= 15 is 0 Å². The summed E-state index contributed by atoms with van der Waals surface area (Å²) < 4.78 is 10.7.